The summed E-state index contributed by atoms with van der Waals surface area (Å²) >= 11 is 5.63. The maximum atomic E-state index is 12.9. The quantitative estimate of drug-likeness (QED) is 0.699. The molecule has 1 aromatic heterocycles. The Morgan fingerprint density at radius 3 is 2.87 bits per heavy atom. The average molecular weight is 231 g/mol. The number of aromatic nitrogens is 1. The summed E-state index contributed by atoms with van der Waals surface area (Å²) in [5.74, 6) is 0.388. The minimum atomic E-state index is -0.277. The van der Waals surface area contributed by atoms with E-state index >= 15 is 0 Å². The molecule has 0 aliphatic rings. The zero-order chi connectivity index (χ0) is 11.1. The van der Waals surface area contributed by atoms with Crippen LogP contribution in [0.4, 0.5) is 4.39 Å². The Hall–Kier alpha value is -0.670. The summed E-state index contributed by atoms with van der Waals surface area (Å²) in [7, 11) is 0. The zero-order valence-electron chi connectivity index (χ0n) is 8.92. The second-order valence-electron chi connectivity index (χ2n) is 3.42. The van der Waals surface area contributed by atoms with E-state index in [9.17, 15) is 4.39 Å². The molecule has 1 heterocycles. The van der Waals surface area contributed by atoms with Gasteiger partial charge in [-0.1, -0.05) is 6.92 Å². The van der Waals surface area contributed by atoms with Gasteiger partial charge in [0.2, 0.25) is 0 Å². The number of halogens is 2. The predicted octanol–water partition coefficient (Wildman–Crippen LogP) is 2.67. The molecule has 0 aliphatic heterocycles. The smallest absolute Gasteiger partial charge is 0.141 e. The third-order valence-corrected chi connectivity index (χ3v) is 2.49. The van der Waals surface area contributed by atoms with Crippen LogP contribution >= 0.6 is 11.6 Å². The van der Waals surface area contributed by atoms with Crippen LogP contribution in [0.15, 0.2) is 18.5 Å². The van der Waals surface area contributed by atoms with Crippen molar-refractivity contribution in [3.05, 3.63) is 29.8 Å². The first-order valence-electron chi connectivity index (χ1n) is 5.14. The second kappa shape index (κ2) is 6.75. The highest BCUT2D eigenvalue weighted by Crippen LogP contribution is 2.06. The minimum absolute atomic E-state index is 0.277. The van der Waals surface area contributed by atoms with E-state index in [1.165, 1.54) is 12.3 Å². The van der Waals surface area contributed by atoms with Gasteiger partial charge in [-0.25, -0.2) is 4.39 Å². The van der Waals surface area contributed by atoms with Crippen LogP contribution in [0.3, 0.4) is 0 Å². The first kappa shape index (κ1) is 12.4. The van der Waals surface area contributed by atoms with Crippen LogP contribution in [0.2, 0.25) is 0 Å². The van der Waals surface area contributed by atoms with Gasteiger partial charge >= 0.3 is 0 Å². The normalized spacial score (nSPS) is 10.9. The molecule has 0 atom stereocenters. The molecule has 0 saturated heterocycles. The van der Waals surface area contributed by atoms with Crippen LogP contribution < -0.4 is 0 Å². The summed E-state index contributed by atoms with van der Waals surface area (Å²) in [5, 5.41) is 0. The molecule has 0 spiro atoms. The van der Waals surface area contributed by atoms with Crippen LogP contribution in [0.1, 0.15) is 18.9 Å². The molecule has 4 heteroatoms. The van der Waals surface area contributed by atoms with E-state index in [2.05, 4.69) is 16.8 Å². The maximum Gasteiger partial charge on any atom is 0.141 e. The third kappa shape index (κ3) is 4.58. The van der Waals surface area contributed by atoms with E-state index < -0.39 is 0 Å². The minimum Gasteiger partial charge on any atom is -0.299 e. The summed E-state index contributed by atoms with van der Waals surface area (Å²) in [6, 6.07) is 1.52. The topological polar surface area (TPSA) is 16.1 Å². The molecule has 2 nitrogen and oxygen atoms in total. The molecule has 0 fully saturated rings. The van der Waals surface area contributed by atoms with Crippen molar-refractivity contribution < 1.29 is 4.39 Å². The largest absolute Gasteiger partial charge is 0.299 e. The first-order valence-corrected chi connectivity index (χ1v) is 5.67. The van der Waals surface area contributed by atoms with Crippen molar-refractivity contribution in [2.45, 2.75) is 19.9 Å². The lowest BCUT2D eigenvalue weighted by Gasteiger charge is -2.19. The number of hydrogen-bond donors (Lipinski definition) is 0. The van der Waals surface area contributed by atoms with E-state index in [4.69, 9.17) is 11.6 Å². The number of hydrogen-bond acceptors (Lipinski definition) is 2. The fraction of sp³-hybridized carbons (Fsp3) is 0.545. The van der Waals surface area contributed by atoms with Gasteiger partial charge in [0.25, 0.3) is 0 Å². The van der Waals surface area contributed by atoms with Crippen molar-refractivity contribution in [1.82, 2.24) is 9.88 Å². The lowest BCUT2D eigenvalue weighted by Crippen LogP contribution is -2.24. The van der Waals surface area contributed by atoms with Crippen LogP contribution in [0.25, 0.3) is 0 Å². The summed E-state index contributed by atoms with van der Waals surface area (Å²) in [6.45, 7) is 4.70. The molecular weight excluding hydrogens is 215 g/mol. The maximum absolute atomic E-state index is 12.9. The van der Waals surface area contributed by atoms with Gasteiger partial charge in [0.05, 0.1) is 6.20 Å². The van der Waals surface area contributed by atoms with Crippen LogP contribution in [0, 0.1) is 5.82 Å². The Labute approximate surface area is 95.1 Å². The van der Waals surface area contributed by atoms with E-state index in [0.717, 1.165) is 31.6 Å². The highest BCUT2D eigenvalue weighted by molar-refractivity contribution is 6.17. The summed E-state index contributed by atoms with van der Waals surface area (Å²) in [5.41, 5.74) is 0.909. The Morgan fingerprint density at radius 1 is 1.47 bits per heavy atom. The molecule has 0 saturated carbocycles. The summed E-state index contributed by atoms with van der Waals surface area (Å²) in [4.78, 5) is 6.05. The molecule has 15 heavy (non-hydrogen) atoms. The Bertz CT molecular complexity index is 294. The summed E-state index contributed by atoms with van der Waals surface area (Å²) < 4.78 is 12.9. The zero-order valence-corrected chi connectivity index (χ0v) is 9.67. The van der Waals surface area contributed by atoms with Gasteiger partial charge in [-0.2, -0.15) is 0 Å². The third-order valence-electron chi connectivity index (χ3n) is 2.22. The van der Waals surface area contributed by atoms with E-state index in [-0.39, 0.29) is 5.82 Å². The highest BCUT2D eigenvalue weighted by Gasteiger charge is 2.04. The average Bonchev–Trinajstić information content (AvgIpc) is 2.24. The van der Waals surface area contributed by atoms with Gasteiger partial charge in [0.15, 0.2) is 0 Å². The second-order valence-corrected chi connectivity index (χ2v) is 3.80. The number of nitrogens with zero attached hydrogens (tertiary/aromatic N) is 2. The monoisotopic (exact) mass is 230 g/mol. The Balaban J connectivity index is 2.50. The van der Waals surface area contributed by atoms with Crippen molar-refractivity contribution in [3.63, 3.8) is 0 Å². The number of pyridine rings is 1. The molecule has 0 N–H and O–H groups in total. The van der Waals surface area contributed by atoms with Gasteiger partial charge in [0, 0.05) is 18.6 Å². The van der Waals surface area contributed by atoms with Crippen molar-refractivity contribution in [1.29, 1.82) is 0 Å². The van der Waals surface area contributed by atoms with Gasteiger partial charge in [-0.15, -0.1) is 11.6 Å². The van der Waals surface area contributed by atoms with Crippen LogP contribution in [-0.2, 0) is 6.54 Å². The van der Waals surface area contributed by atoms with Gasteiger partial charge < -0.3 is 0 Å². The lowest BCUT2D eigenvalue weighted by molar-refractivity contribution is 0.280. The van der Waals surface area contributed by atoms with Gasteiger partial charge in [0.1, 0.15) is 5.82 Å². The van der Waals surface area contributed by atoms with Crippen LogP contribution in [-0.4, -0.2) is 28.9 Å². The molecule has 1 rings (SSSR count). The fourth-order valence-electron chi connectivity index (χ4n) is 1.43. The van der Waals surface area contributed by atoms with Crippen molar-refractivity contribution in [2.24, 2.45) is 0 Å². The van der Waals surface area contributed by atoms with Gasteiger partial charge in [-0.3, -0.25) is 9.88 Å². The molecule has 0 radical (unpaired) electrons. The molecule has 0 amide bonds. The SMILES string of the molecule is CCN(CCCCl)Cc1cncc(F)c1. The molecule has 84 valence electrons. The number of alkyl halides is 1. The molecule has 0 unspecified atom stereocenters. The van der Waals surface area contributed by atoms with Crippen molar-refractivity contribution >= 4 is 11.6 Å². The van der Waals surface area contributed by atoms with Gasteiger partial charge in [-0.05, 0) is 31.1 Å². The molecule has 0 aromatic carbocycles. The Morgan fingerprint density at radius 2 is 2.27 bits per heavy atom. The van der Waals surface area contributed by atoms with Crippen LogP contribution in [0.5, 0.6) is 0 Å². The van der Waals surface area contributed by atoms with Crippen molar-refractivity contribution in [2.75, 3.05) is 19.0 Å². The molecule has 0 aliphatic carbocycles. The lowest BCUT2D eigenvalue weighted by atomic mass is 10.2. The highest BCUT2D eigenvalue weighted by atomic mass is 35.5. The number of rotatable bonds is 6. The predicted molar refractivity (Wildman–Crippen MR) is 60.5 cm³/mol. The molecule has 0 bridgehead atoms. The first-order chi connectivity index (χ1) is 7.26. The Kier molecular flexibility index (Phi) is 5.58. The van der Waals surface area contributed by atoms with E-state index in [1.54, 1.807) is 6.20 Å². The molecular formula is C11H16ClFN2. The van der Waals surface area contributed by atoms with Crippen molar-refractivity contribution in [3.8, 4) is 0 Å². The standard InChI is InChI=1S/C11H16ClFN2/c1-2-15(5-3-4-12)9-10-6-11(13)8-14-7-10/h6-8H,2-5,9H2,1H3. The van der Waals surface area contributed by atoms with E-state index in [0.29, 0.717) is 5.88 Å². The summed E-state index contributed by atoms with van der Waals surface area (Å²) in [6.07, 6.45) is 3.88. The fourth-order valence-corrected chi connectivity index (χ4v) is 1.55. The molecule has 1 aromatic rings. The van der Waals surface area contributed by atoms with E-state index in [1.807, 2.05) is 0 Å².